The van der Waals surface area contributed by atoms with Crippen molar-refractivity contribution in [1.82, 2.24) is 10.6 Å². The maximum atomic E-state index is 12.8. The number of benzene rings is 2. The second kappa shape index (κ2) is 10.7. The Kier molecular flexibility index (Phi) is 7.69. The lowest BCUT2D eigenvalue weighted by Crippen LogP contribution is -2.47. The summed E-state index contributed by atoms with van der Waals surface area (Å²) in [5, 5.41) is 19.5. The quantitative estimate of drug-likeness (QED) is 0.291. The molecule has 2 aromatic rings. The van der Waals surface area contributed by atoms with Crippen molar-refractivity contribution in [2.45, 2.75) is 13.0 Å². The molecule has 0 saturated heterocycles. The topological polar surface area (TPSA) is 149 Å². The van der Waals surface area contributed by atoms with E-state index in [0.29, 0.717) is 10.6 Å². The third-order valence-electron chi connectivity index (χ3n) is 4.90. The summed E-state index contributed by atoms with van der Waals surface area (Å²) < 4.78 is 10.4. The second-order valence-electron chi connectivity index (χ2n) is 7.01. The summed E-state index contributed by atoms with van der Waals surface area (Å²) in [5.74, 6) is -1.59. The van der Waals surface area contributed by atoms with Crippen LogP contribution in [-0.2, 0) is 14.3 Å². The molecule has 1 heterocycles. The van der Waals surface area contributed by atoms with Crippen LogP contribution in [0.4, 0.5) is 16.2 Å². The van der Waals surface area contributed by atoms with Crippen LogP contribution in [-0.4, -0.2) is 43.2 Å². The van der Waals surface area contributed by atoms with Crippen LogP contribution in [0.15, 0.2) is 53.7 Å². The van der Waals surface area contributed by atoms with Crippen LogP contribution in [0, 0.1) is 10.1 Å². The van der Waals surface area contributed by atoms with Crippen molar-refractivity contribution in [1.29, 1.82) is 0 Å². The molecule has 0 aromatic heterocycles. The van der Waals surface area contributed by atoms with Crippen molar-refractivity contribution in [2.75, 3.05) is 25.6 Å². The molecule has 2 amide bonds. The number of nitro groups is 1. The zero-order chi connectivity index (χ0) is 24.8. The van der Waals surface area contributed by atoms with Gasteiger partial charge in [-0.25, -0.2) is 14.4 Å². The molecule has 0 aliphatic carbocycles. The van der Waals surface area contributed by atoms with Gasteiger partial charge in [0.05, 0.1) is 34.4 Å². The van der Waals surface area contributed by atoms with Gasteiger partial charge >= 0.3 is 18.0 Å². The summed E-state index contributed by atoms with van der Waals surface area (Å²) in [7, 11) is 1.51. The van der Waals surface area contributed by atoms with Crippen LogP contribution >= 0.6 is 11.6 Å². The highest BCUT2D eigenvalue weighted by atomic mass is 35.5. The normalized spacial score (nSPS) is 15.1. The van der Waals surface area contributed by atoms with Crippen LogP contribution in [0.3, 0.4) is 0 Å². The van der Waals surface area contributed by atoms with Gasteiger partial charge in [0.2, 0.25) is 0 Å². The molecule has 3 N–H and O–H groups in total. The number of carbonyl (C=O) groups is 3. The van der Waals surface area contributed by atoms with Crippen molar-refractivity contribution < 1.29 is 28.8 Å². The zero-order valence-corrected chi connectivity index (χ0v) is 19.0. The Morgan fingerprint density at radius 1 is 1.15 bits per heavy atom. The zero-order valence-electron chi connectivity index (χ0n) is 18.2. The molecule has 0 bridgehead atoms. The summed E-state index contributed by atoms with van der Waals surface area (Å²) >= 11 is 5.94. The van der Waals surface area contributed by atoms with Gasteiger partial charge in [-0.15, -0.1) is 0 Å². The fraction of sp³-hybridized carbons (Fsp3) is 0.227. The van der Waals surface area contributed by atoms with Gasteiger partial charge in [0.15, 0.2) is 0 Å². The number of nitro benzene ring substituents is 1. The van der Waals surface area contributed by atoms with E-state index in [1.165, 1.54) is 19.2 Å². The van der Waals surface area contributed by atoms with E-state index in [1.54, 1.807) is 31.2 Å². The first-order chi connectivity index (χ1) is 16.2. The Morgan fingerprint density at radius 3 is 2.47 bits per heavy atom. The maximum Gasteiger partial charge on any atom is 0.338 e. The first-order valence-corrected chi connectivity index (χ1v) is 10.5. The molecule has 0 radical (unpaired) electrons. The molecule has 178 valence electrons. The Morgan fingerprint density at radius 2 is 1.85 bits per heavy atom. The highest BCUT2D eigenvalue weighted by Gasteiger charge is 2.34. The fourth-order valence-electron chi connectivity index (χ4n) is 3.33. The molecule has 1 aliphatic heterocycles. The number of rotatable bonds is 8. The first kappa shape index (κ1) is 24.5. The number of carbonyl (C=O) groups excluding carboxylic acids is 3. The molecule has 11 nitrogen and oxygen atoms in total. The minimum Gasteiger partial charge on any atom is -0.463 e. The Hall–Kier alpha value is -4.12. The van der Waals surface area contributed by atoms with Crippen LogP contribution in [0.1, 0.15) is 28.9 Å². The lowest BCUT2D eigenvalue weighted by atomic mass is 9.95. The number of nitrogens with zero attached hydrogens (tertiary/aromatic N) is 1. The number of amides is 2. The molecule has 1 unspecified atom stereocenters. The average Bonchev–Trinajstić information content (AvgIpc) is 2.82. The van der Waals surface area contributed by atoms with E-state index < -0.39 is 35.5 Å². The van der Waals surface area contributed by atoms with E-state index in [4.69, 9.17) is 21.1 Å². The molecule has 2 aromatic carbocycles. The minimum absolute atomic E-state index is 0.0249. The summed E-state index contributed by atoms with van der Waals surface area (Å²) in [6.07, 6.45) is 0. The smallest absolute Gasteiger partial charge is 0.338 e. The van der Waals surface area contributed by atoms with Crippen LogP contribution in [0.5, 0.6) is 0 Å². The number of esters is 2. The molecule has 12 heteroatoms. The number of anilines is 1. The number of urea groups is 1. The van der Waals surface area contributed by atoms with Gasteiger partial charge in [-0.2, -0.15) is 0 Å². The molecule has 34 heavy (non-hydrogen) atoms. The number of hydrogen-bond acceptors (Lipinski definition) is 8. The molecule has 0 fully saturated rings. The van der Waals surface area contributed by atoms with E-state index in [-0.39, 0.29) is 34.8 Å². The molecule has 0 spiro atoms. The van der Waals surface area contributed by atoms with Crippen LogP contribution in [0.25, 0.3) is 0 Å². The highest BCUT2D eigenvalue weighted by Crippen LogP contribution is 2.29. The van der Waals surface area contributed by atoms with Crippen molar-refractivity contribution in [3.8, 4) is 0 Å². The molecule has 3 rings (SSSR count). The lowest BCUT2D eigenvalue weighted by Gasteiger charge is -2.29. The Labute approximate surface area is 199 Å². The van der Waals surface area contributed by atoms with E-state index in [2.05, 4.69) is 16.0 Å². The van der Waals surface area contributed by atoms with E-state index in [1.807, 2.05) is 0 Å². The van der Waals surface area contributed by atoms with Gasteiger partial charge in [0.1, 0.15) is 12.3 Å². The summed E-state index contributed by atoms with van der Waals surface area (Å²) in [6, 6.07) is 8.81. The van der Waals surface area contributed by atoms with Gasteiger partial charge in [-0.05, 0) is 36.8 Å². The van der Waals surface area contributed by atoms with Gasteiger partial charge in [0.25, 0.3) is 5.69 Å². The van der Waals surface area contributed by atoms with Gasteiger partial charge in [0, 0.05) is 18.1 Å². The standard InChI is InChI=1S/C22H21ClN4O7/c1-3-33-21(29)18-16(25-22(30)26-19(18)12-4-7-14(23)8-5-12)11-34-20(28)13-6-9-15(24-2)17(10-13)27(31)32/h4-10,19,24H,3,11H2,1-2H3,(H2,25,26,30). The predicted molar refractivity (Wildman–Crippen MR) is 122 cm³/mol. The van der Waals surface area contributed by atoms with Crippen LogP contribution < -0.4 is 16.0 Å². The van der Waals surface area contributed by atoms with E-state index in [0.717, 1.165) is 6.07 Å². The number of hydrogen-bond donors (Lipinski definition) is 3. The van der Waals surface area contributed by atoms with Crippen molar-refractivity contribution >= 4 is 40.9 Å². The molecule has 1 aliphatic rings. The van der Waals surface area contributed by atoms with E-state index in [9.17, 15) is 24.5 Å². The average molecular weight is 489 g/mol. The highest BCUT2D eigenvalue weighted by molar-refractivity contribution is 6.30. The van der Waals surface area contributed by atoms with Crippen molar-refractivity contribution in [3.05, 3.63) is 80.0 Å². The summed E-state index contributed by atoms with van der Waals surface area (Å²) in [6.45, 7) is 1.23. The number of halogens is 1. The van der Waals surface area contributed by atoms with Crippen molar-refractivity contribution in [2.24, 2.45) is 0 Å². The Bertz CT molecular complexity index is 1160. The second-order valence-corrected chi connectivity index (χ2v) is 7.45. The fourth-order valence-corrected chi connectivity index (χ4v) is 3.46. The molecule has 0 saturated carbocycles. The SMILES string of the molecule is CCOC(=O)C1=C(COC(=O)c2ccc(NC)c([N+](=O)[O-])c2)NC(=O)NC1c1ccc(Cl)cc1. The summed E-state index contributed by atoms with van der Waals surface area (Å²) in [4.78, 5) is 48.3. The van der Waals surface area contributed by atoms with Crippen molar-refractivity contribution in [3.63, 3.8) is 0 Å². The van der Waals surface area contributed by atoms with Gasteiger partial charge < -0.3 is 25.4 Å². The Balaban J connectivity index is 1.92. The summed E-state index contributed by atoms with van der Waals surface area (Å²) in [5.41, 5.74) is 0.486. The third kappa shape index (κ3) is 5.44. The lowest BCUT2D eigenvalue weighted by molar-refractivity contribution is -0.384. The number of ether oxygens (including phenoxy) is 2. The molecule has 1 atom stereocenters. The van der Waals surface area contributed by atoms with Gasteiger partial charge in [-0.1, -0.05) is 23.7 Å². The minimum atomic E-state index is -0.880. The third-order valence-corrected chi connectivity index (χ3v) is 5.15. The largest absolute Gasteiger partial charge is 0.463 e. The molecular formula is C22H21ClN4O7. The predicted octanol–water partition coefficient (Wildman–Crippen LogP) is 3.32. The maximum absolute atomic E-state index is 12.8. The van der Waals surface area contributed by atoms with Crippen LogP contribution in [0.2, 0.25) is 5.02 Å². The monoisotopic (exact) mass is 488 g/mol. The van der Waals surface area contributed by atoms with E-state index >= 15 is 0 Å². The molecular weight excluding hydrogens is 468 g/mol. The van der Waals surface area contributed by atoms with Gasteiger partial charge in [-0.3, -0.25) is 10.1 Å². The number of nitrogens with one attached hydrogen (secondary N) is 3. The first-order valence-electron chi connectivity index (χ1n) is 10.1.